The van der Waals surface area contributed by atoms with Crippen molar-refractivity contribution in [1.82, 2.24) is 25.3 Å². The largest absolute Gasteiger partial charge is 0.487 e. The summed E-state index contributed by atoms with van der Waals surface area (Å²) in [6, 6.07) is 5.70. The maximum absolute atomic E-state index is 12.8. The van der Waals surface area contributed by atoms with Gasteiger partial charge in [0, 0.05) is 11.6 Å². The van der Waals surface area contributed by atoms with Gasteiger partial charge in [0.15, 0.2) is 0 Å². The normalized spacial score (nSPS) is 10.5. The van der Waals surface area contributed by atoms with Gasteiger partial charge in [-0.25, -0.2) is 14.1 Å². The van der Waals surface area contributed by atoms with Gasteiger partial charge in [-0.2, -0.15) is 0 Å². The molecule has 0 atom stereocenters. The van der Waals surface area contributed by atoms with Gasteiger partial charge < -0.3 is 10.1 Å². The first-order valence-corrected chi connectivity index (χ1v) is 7.99. The molecule has 24 heavy (non-hydrogen) atoms. The average Bonchev–Trinajstić information content (AvgIpc) is 3.24. The number of ether oxygens (including phenoxy) is 1. The number of nitrogens with zero attached hydrogens (tertiary/aromatic N) is 4. The van der Waals surface area contributed by atoms with Crippen LogP contribution in [0.2, 0.25) is 0 Å². The van der Waals surface area contributed by atoms with Crippen LogP contribution < -0.4 is 10.1 Å². The second-order valence-electron chi connectivity index (χ2n) is 4.85. The smallest absolute Gasteiger partial charge is 0.242 e. The lowest BCUT2D eigenvalue weighted by molar-refractivity contribution is -0.122. The van der Waals surface area contributed by atoms with Crippen LogP contribution in [0.1, 0.15) is 10.7 Å². The van der Waals surface area contributed by atoms with E-state index >= 15 is 0 Å². The summed E-state index contributed by atoms with van der Waals surface area (Å²) in [5.41, 5.74) is 0.576. The Labute approximate surface area is 141 Å². The van der Waals surface area contributed by atoms with Crippen molar-refractivity contribution in [3.63, 3.8) is 0 Å². The molecule has 7 nitrogen and oxygen atoms in total. The third kappa shape index (κ3) is 4.59. The third-order valence-corrected chi connectivity index (χ3v) is 3.79. The molecule has 3 rings (SSSR count). The fourth-order valence-electron chi connectivity index (χ4n) is 1.89. The number of amides is 1. The van der Waals surface area contributed by atoms with Crippen LogP contribution in [0.5, 0.6) is 5.75 Å². The second-order valence-corrected chi connectivity index (χ2v) is 5.83. The zero-order chi connectivity index (χ0) is 16.8. The van der Waals surface area contributed by atoms with E-state index in [0.717, 1.165) is 5.01 Å². The van der Waals surface area contributed by atoms with Crippen LogP contribution in [0.4, 0.5) is 4.39 Å². The van der Waals surface area contributed by atoms with E-state index in [4.69, 9.17) is 4.74 Å². The summed E-state index contributed by atoms with van der Waals surface area (Å²) in [7, 11) is 0. The molecule has 0 aliphatic carbocycles. The molecule has 0 aliphatic heterocycles. The summed E-state index contributed by atoms with van der Waals surface area (Å²) in [6.45, 7) is 0.646. The molecule has 3 aromatic rings. The van der Waals surface area contributed by atoms with Crippen LogP contribution in [-0.4, -0.2) is 25.9 Å². The standard InChI is InChI=1S/C15H14FN5O2S/c16-11-1-3-13(4-2-11)23-10-12-8-21(20-19-12)9-14(22)18-7-15-17-5-6-24-15/h1-6,8H,7,9-10H2,(H,18,22). The topological polar surface area (TPSA) is 81.9 Å². The highest BCUT2D eigenvalue weighted by Crippen LogP contribution is 2.12. The maximum atomic E-state index is 12.8. The molecule has 0 saturated heterocycles. The first kappa shape index (κ1) is 16.1. The Balaban J connectivity index is 1.46. The van der Waals surface area contributed by atoms with Crippen LogP contribution in [-0.2, 0) is 24.5 Å². The zero-order valence-corrected chi connectivity index (χ0v) is 13.4. The molecule has 0 fully saturated rings. The maximum Gasteiger partial charge on any atom is 0.242 e. The fraction of sp³-hybridized carbons (Fsp3) is 0.200. The van der Waals surface area contributed by atoms with Crippen LogP contribution in [0.3, 0.4) is 0 Å². The lowest BCUT2D eigenvalue weighted by Gasteiger charge is -2.03. The molecule has 9 heteroatoms. The Morgan fingerprint density at radius 2 is 2.17 bits per heavy atom. The van der Waals surface area contributed by atoms with Crippen molar-refractivity contribution in [2.75, 3.05) is 0 Å². The van der Waals surface area contributed by atoms with E-state index in [-0.39, 0.29) is 24.9 Å². The molecule has 1 N–H and O–H groups in total. The van der Waals surface area contributed by atoms with Gasteiger partial charge in [-0.1, -0.05) is 5.21 Å². The van der Waals surface area contributed by atoms with Gasteiger partial charge in [0.1, 0.15) is 35.4 Å². The van der Waals surface area contributed by atoms with Crippen molar-refractivity contribution in [3.05, 3.63) is 58.6 Å². The van der Waals surface area contributed by atoms with Gasteiger partial charge in [0.05, 0.1) is 12.7 Å². The van der Waals surface area contributed by atoms with Crippen molar-refractivity contribution >= 4 is 17.2 Å². The number of aromatic nitrogens is 4. The number of nitrogens with one attached hydrogen (secondary N) is 1. The van der Waals surface area contributed by atoms with Crippen molar-refractivity contribution in [3.8, 4) is 5.75 Å². The number of carbonyl (C=O) groups excluding carboxylic acids is 1. The monoisotopic (exact) mass is 347 g/mol. The Kier molecular flexibility index (Phi) is 5.12. The Hall–Kier alpha value is -2.81. The summed E-state index contributed by atoms with van der Waals surface area (Å²) >= 11 is 1.48. The number of halogens is 1. The summed E-state index contributed by atoms with van der Waals surface area (Å²) in [5.74, 6) is 0.0327. The lowest BCUT2D eigenvalue weighted by atomic mass is 10.3. The van der Waals surface area contributed by atoms with Gasteiger partial charge in [0.25, 0.3) is 0 Å². The van der Waals surface area contributed by atoms with Crippen LogP contribution in [0.15, 0.2) is 42.0 Å². The molecule has 2 heterocycles. The van der Waals surface area contributed by atoms with Crippen molar-refractivity contribution in [2.24, 2.45) is 0 Å². The quantitative estimate of drug-likeness (QED) is 0.704. The minimum Gasteiger partial charge on any atom is -0.487 e. The molecule has 1 amide bonds. The van der Waals surface area contributed by atoms with Crippen LogP contribution in [0.25, 0.3) is 0 Å². The SMILES string of the molecule is O=C(Cn1cc(COc2ccc(F)cc2)nn1)NCc1nccs1. The number of hydrogen-bond donors (Lipinski definition) is 1. The molecule has 0 unspecified atom stereocenters. The van der Waals surface area contributed by atoms with E-state index in [1.807, 2.05) is 5.38 Å². The van der Waals surface area contributed by atoms with Gasteiger partial charge in [-0.3, -0.25) is 4.79 Å². The average molecular weight is 347 g/mol. The highest BCUT2D eigenvalue weighted by Gasteiger charge is 2.07. The Morgan fingerprint density at radius 1 is 1.33 bits per heavy atom. The number of hydrogen-bond acceptors (Lipinski definition) is 6. The van der Waals surface area contributed by atoms with Crippen LogP contribution in [0, 0.1) is 5.82 Å². The molecule has 0 spiro atoms. The van der Waals surface area contributed by atoms with E-state index in [0.29, 0.717) is 18.0 Å². The van der Waals surface area contributed by atoms with Gasteiger partial charge in [0.2, 0.25) is 5.91 Å². The minimum absolute atomic E-state index is 0.0644. The molecule has 124 valence electrons. The fourth-order valence-corrected chi connectivity index (χ4v) is 2.44. The van der Waals surface area contributed by atoms with E-state index in [2.05, 4.69) is 20.6 Å². The predicted octanol–water partition coefficient (Wildman–Crippen LogP) is 1.77. The second kappa shape index (κ2) is 7.64. The molecular weight excluding hydrogens is 333 g/mol. The summed E-state index contributed by atoms with van der Waals surface area (Å²) in [4.78, 5) is 15.9. The van der Waals surface area contributed by atoms with Crippen molar-refractivity contribution in [1.29, 1.82) is 0 Å². The third-order valence-electron chi connectivity index (χ3n) is 3.01. The molecule has 2 aromatic heterocycles. The lowest BCUT2D eigenvalue weighted by Crippen LogP contribution is -2.27. The molecule has 1 aromatic carbocycles. The number of thiazole rings is 1. The van der Waals surface area contributed by atoms with E-state index in [9.17, 15) is 9.18 Å². The van der Waals surface area contributed by atoms with Crippen molar-refractivity contribution < 1.29 is 13.9 Å². The van der Waals surface area contributed by atoms with Gasteiger partial charge in [-0.05, 0) is 24.3 Å². The Bertz CT molecular complexity index is 789. The highest BCUT2D eigenvalue weighted by molar-refractivity contribution is 7.09. The van der Waals surface area contributed by atoms with Crippen LogP contribution >= 0.6 is 11.3 Å². The first-order valence-electron chi connectivity index (χ1n) is 7.11. The molecular formula is C15H14FN5O2S. The highest BCUT2D eigenvalue weighted by atomic mass is 32.1. The number of benzene rings is 1. The van der Waals surface area contributed by atoms with Gasteiger partial charge in [-0.15, -0.1) is 16.4 Å². The van der Waals surface area contributed by atoms with Crippen molar-refractivity contribution in [2.45, 2.75) is 19.7 Å². The molecule has 0 saturated carbocycles. The molecule has 0 radical (unpaired) electrons. The Morgan fingerprint density at radius 3 is 2.92 bits per heavy atom. The van der Waals surface area contributed by atoms with E-state index in [1.54, 1.807) is 12.4 Å². The summed E-state index contributed by atoms with van der Waals surface area (Å²) < 4.78 is 19.7. The number of rotatable bonds is 7. The summed E-state index contributed by atoms with van der Waals surface area (Å²) in [6.07, 6.45) is 3.32. The molecule has 0 aliphatic rings. The molecule has 0 bridgehead atoms. The zero-order valence-electron chi connectivity index (χ0n) is 12.6. The van der Waals surface area contributed by atoms with E-state index in [1.165, 1.54) is 40.3 Å². The number of carbonyl (C=O) groups is 1. The van der Waals surface area contributed by atoms with Gasteiger partial charge >= 0.3 is 0 Å². The first-order chi connectivity index (χ1) is 11.7. The predicted molar refractivity (Wildman–Crippen MR) is 84.7 cm³/mol. The minimum atomic E-state index is -0.322. The van der Waals surface area contributed by atoms with E-state index < -0.39 is 0 Å². The summed E-state index contributed by atoms with van der Waals surface area (Å²) in [5, 5.41) is 13.3.